The van der Waals surface area contributed by atoms with Gasteiger partial charge in [0.2, 0.25) is 5.91 Å². The lowest BCUT2D eigenvalue weighted by Gasteiger charge is -2.14. The topological polar surface area (TPSA) is 132 Å². The summed E-state index contributed by atoms with van der Waals surface area (Å²) in [7, 11) is 0. The zero-order valence-electron chi connectivity index (χ0n) is 15.7. The van der Waals surface area contributed by atoms with Gasteiger partial charge in [0.25, 0.3) is 0 Å². The summed E-state index contributed by atoms with van der Waals surface area (Å²) in [6.07, 6.45) is 3.71. The van der Waals surface area contributed by atoms with Crippen LogP contribution in [-0.4, -0.2) is 21.1 Å². The molecule has 7 heteroatoms. The summed E-state index contributed by atoms with van der Waals surface area (Å²) in [5.74, 6) is -0.888. The Hall–Kier alpha value is -3.53. The summed E-state index contributed by atoms with van der Waals surface area (Å²) in [5, 5.41) is 18.8. The summed E-state index contributed by atoms with van der Waals surface area (Å²) in [6, 6.07) is 9.85. The van der Waals surface area contributed by atoms with E-state index in [1.165, 1.54) is 0 Å². The third-order valence-corrected chi connectivity index (χ3v) is 5.98. The van der Waals surface area contributed by atoms with Crippen molar-refractivity contribution >= 4 is 22.5 Å². The predicted octanol–water partition coefficient (Wildman–Crippen LogP) is 2.49. The number of amides is 1. The average Bonchev–Trinajstić information content (AvgIpc) is 3.27. The first kappa shape index (κ1) is 17.9. The summed E-state index contributed by atoms with van der Waals surface area (Å²) in [4.78, 5) is 16.1. The van der Waals surface area contributed by atoms with Gasteiger partial charge in [0, 0.05) is 35.2 Å². The monoisotopic (exact) mass is 372 g/mol. The van der Waals surface area contributed by atoms with E-state index in [-0.39, 0.29) is 12.3 Å². The van der Waals surface area contributed by atoms with Crippen molar-refractivity contribution < 1.29 is 4.79 Å². The van der Waals surface area contributed by atoms with Gasteiger partial charge in [-0.15, -0.1) is 5.10 Å². The van der Waals surface area contributed by atoms with Crippen molar-refractivity contribution in [3.8, 4) is 17.2 Å². The molecule has 4 rings (SSSR count). The highest BCUT2D eigenvalue weighted by molar-refractivity contribution is 5.94. The number of carbonyl (C=O) groups is 1. The second-order valence-electron chi connectivity index (χ2n) is 7.47. The molecular formula is C21H20N6O. The third-order valence-electron chi connectivity index (χ3n) is 5.98. The SMILES string of the molecule is Cc1ccncc1-c1cc(N)c2nnc(C3(CC#N)C(C)C3C(N)=O)cc2c1. The number of nitrogens with two attached hydrogens (primary N) is 2. The fourth-order valence-electron chi connectivity index (χ4n) is 4.35. The minimum Gasteiger partial charge on any atom is -0.397 e. The van der Waals surface area contributed by atoms with Crippen LogP contribution < -0.4 is 11.5 Å². The molecule has 3 atom stereocenters. The number of anilines is 1. The minimum absolute atomic E-state index is 0.0579. The minimum atomic E-state index is -0.684. The van der Waals surface area contributed by atoms with Crippen LogP contribution in [0, 0.1) is 30.1 Å². The fourth-order valence-corrected chi connectivity index (χ4v) is 4.35. The summed E-state index contributed by atoms with van der Waals surface area (Å²) in [5.41, 5.74) is 15.8. The largest absolute Gasteiger partial charge is 0.397 e. The second-order valence-corrected chi connectivity index (χ2v) is 7.47. The Morgan fingerprint density at radius 2 is 2.11 bits per heavy atom. The highest BCUT2D eigenvalue weighted by Crippen LogP contribution is 2.61. The molecule has 28 heavy (non-hydrogen) atoms. The molecule has 0 saturated heterocycles. The number of nitriles is 1. The Balaban J connectivity index is 1.88. The lowest BCUT2D eigenvalue weighted by atomic mass is 9.92. The normalized spacial score (nSPS) is 23.3. The van der Waals surface area contributed by atoms with Crippen LogP contribution >= 0.6 is 0 Å². The molecule has 1 amide bonds. The standard InChI is InChI=1S/C21H20N6O/c1-11-3-6-25-10-15(11)13-7-14-9-17(26-27-19(14)16(23)8-13)21(4-5-22)12(2)18(21)20(24)28/h3,6-10,12,18H,4,23H2,1-2H3,(H2,24,28). The number of primary amides is 1. The molecule has 2 heterocycles. The van der Waals surface area contributed by atoms with E-state index in [0.717, 1.165) is 22.1 Å². The number of carbonyl (C=O) groups excluding carboxylic acids is 1. The van der Waals surface area contributed by atoms with Crippen LogP contribution in [0.4, 0.5) is 5.69 Å². The van der Waals surface area contributed by atoms with Gasteiger partial charge in [-0.05, 0) is 48.2 Å². The van der Waals surface area contributed by atoms with Gasteiger partial charge in [-0.1, -0.05) is 6.92 Å². The number of rotatable bonds is 4. The quantitative estimate of drug-likeness (QED) is 0.676. The molecule has 0 spiro atoms. The fraction of sp³-hybridized carbons (Fsp3) is 0.286. The van der Waals surface area contributed by atoms with Gasteiger partial charge in [0.1, 0.15) is 5.52 Å². The van der Waals surface area contributed by atoms with E-state index >= 15 is 0 Å². The lowest BCUT2D eigenvalue weighted by Crippen LogP contribution is -2.22. The van der Waals surface area contributed by atoms with E-state index in [4.69, 9.17) is 11.5 Å². The Morgan fingerprint density at radius 1 is 1.32 bits per heavy atom. The average molecular weight is 372 g/mol. The number of pyridine rings is 1. The number of benzene rings is 1. The molecule has 0 bridgehead atoms. The van der Waals surface area contributed by atoms with Crippen molar-refractivity contribution in [2.75, 3.05) is 5.73 Å². The van der Waals surface area contributed by atoms with E-state index < -0.39 is 17.2 Å². The number of aromatic nitrogens is 3. The molecule has 1 aromatic carbocycles. The van der Waals surface area contributed by atoms with Crippen molar-refractivity contribution in [3.63, 3.8) is 0 Å². The van der Waals surface area contributed by atoms with Gasteiger partial charge in [-0.3, -0.25) is 9.78 Å². The molecule has 4 N–H and O–H groups in total. The van der Waals surface area contributed by atoms with Crippen LogP contribution in [0.3, 0.4) is 0 Å². The molecule has 2 aromatic heterocycles. The number of nitrogens with zero attached hydrogens (tertiary/aromatic N) is 4. The van der Waals surface area contributed by atoms with Crippen molar-refractivity contribution in [2.24, 2.45) is 17.6 Å². The molecule has 1 saturated carbocycles. The maximum absolute atomic E-state index is 11.9. The number of fused-ring (bicyclic) bond motifs is 1. The smallest absolute Gasteiger partial charge is 0.221 e. The molecule has 1 aliphatic carbocycles. The number of hydrogen-bond donors (Lipinski definition) is 2. The van der Waals surface area contributed by atoms with E-state index in [1.54, 1.807) is 12.4 Å². The van der Waals surface area contributed by atoms with E-state index in [9.17, 15) is 10.1 Å². The number of nitrogen functional groups attached to an aromatic ring is 1. The van der Waals surface area contributed by atoms with Crippen molar-refractivity contribution in [2.45, 2.75) is 25.7 Å². The molecule has 3 aromatic rings. The summed E-state index contributed by atoms with van der Waals surface area (Å²) in [6.45, 7) is 3.93. The van der Waals surface area contributed by atoms with Crippen LogP contribution in [-0.2, 0) is 10.2 Å². The number of hydrogen-bond acceptors (Lipinski definition) is 6. The highest BCUT2D eigenvalue weighted by atomic mass is 16.1. The summed E-state index contributed by atoms with van der Waals surface area (Å²) < 4.78 is 0. The Morgan fingerprint density at radius 3 is 2.75 bits per heavy atom. The van der Waals surface area contributed by atoms with Crippen molar-refractivity contribution in [1.82, 2.24) is 15.2 Å². The lowest BCUT2D eigenvalue weighted by molar-refractivity contribution is -0.119. The van der Waals surface area contributed by atoms with Gasteiger partial charge in [-0.2, -0.15) is 10.4 Å². The first-order valence-corrected chi connectivity index (χ1v) is 9.05. The van der Waals surface area contributed by atoms with Crippen molar-refractivity contribution in [1.29, 1.82) is 5.26 Å². The van der Waals surface area contributed by atoms with E-state index in [1.807, 2.05) is 38.1 Å². The van der Waals surface area contributed by atoms with Crippen LogP contribution in [0.1, 0.15) is 24.6 Å². The second kappa shape index (κ2) is 6.27. The first-order chi connectivity index (χ1) is 13.4. The molecule has 3 unspecified atom stereocenters. The molecule has 0 aliphatic heterocycles. The zero-order chi connectivity index (χ0) is 20.1. The van der Waals surface area contributed by atoms with Gasteiger partial charge >= 0.3 is 0 Å². The maximum atomic E-state index is 11.9. The summed E-state index contributed by atoms with van der Waals surface area (Å²) >= 11 is 0. The molecule has 7 nitrogen and oxygen atoms in total. The molecule has 1 fully saturated rings. The molecule has 140 valence electrons. The van der Waals surface area contributed by atoms with Crippen molar-refractivity contribution in [3.05, 3.63) is 47.9 Å². The third kappa shape index (κ3) is 2.49. The number of aryl methyl sites for hydroxylation is 1. The van der Waals surface area contributed by atoms with Gasteiger partial charge in [0.05, 0.1) is 23.4 Å². The van der Waals surface area contributed by atoms with E-state index in [2.05, 4.69) is 21.3 Å². The predicted molar refractivity (Wildman–Crippen MR) is 106 cm³/mol. The van der Waals surface area contributed by atoms with Gasteiger partial charge in [0.15, 0.2) is 0 Å². The Labute approximate surface area is 162 Å². The molecule has 1 aliphatic rings. The zero-order valence-corrected chi connectivity index (χ0v) is 15.7. The Bertz CT molecular complexity index is 1150. The maximum Gasteiger partial charge on any atom is 0.221 e. The highest BCUT2D eigenvalue weighted by Gasteiger charge is 2.67. The molecule has 0 radical (unpaired) electrons. The Kier molecular flexibility index (Phi) is 4.00. The van der Waals surface area contributed by atoms with E-state index in [0.29, 0.717) is 16.9 Å². The van der Waals surface area contributed by atoms with Gasteiger partial charge in [-0.25, -0.2) is 0 Å². The van der Waals surface area contributed by atoms with Crippen LogP contribution in [0.5, 0.6) is 0 Å². The molecular weight excluding hydrogens is 352 g/mol. The van der Waals surface area contributed by atoms with Crippen LogP contribution in [0.25, 0.3) is 22.0 Å². The van der Waals surface area contributed by atoms with Crippen LogP contribution in [0.2, 0.25) is 0 Å². The van der Waals surface area contributed by atoms with Gasteiger partial charge < -0.3 is 11.5 Å². The van der Waals surface area contributed by atoms with Crippen LogP contribution in [0.15, 0.2) is 36.7 Å². The first-order valence-electron chi connectivity index (χ1n) is 9.05.